The summed E-state index contributed by atoms with van der Waals surface area (Å²) in [5.74, 6) is -0.537. The summed E-state index contributed by atoms with van der Waals surface area (Å²) < 4.78 is 30.6. The van der Waals surface area contributed by atoms with E-state index in [1.807, 2.05) is 33.3 Å². The molecule has 0 heterocycles. The van der Waals surface area contributed by atoms with Crippen molar-refractivity contribution in [3.63, 3.8) is 0 Å². The minimum atomic E-state index is -4.45. The van der Waals surface area contributed by atoms with E-state index in [0.29, 0.717) is 17.4 Å². The zero-order valence-electron chi connectivity index (χ0n) is 48.4. The van der Waals surface area contributed by atoms with Crippen molar-refractivity contribution < 1.29 is 37.3 Å². The number of nitrogens with zero attached hydrogens (tertiary/aromatic N) is 1. The number of nitrogens with one attached hydrogen (secondary N) is 1. The molecular weight excluding hydrogens is 928 g/mol. The van der Waals surface area contributed by atoms with E-state index in [2.05, 4.69) is 86.8 Å². The van der Waals surface area contributed by atoms with Crippen LogP contribution in [0.5, 0.6) is 0 Å². The molecule has 0 radical (unpaired) electrons. The van der Waals surface area contributed by atoms with Crippen LogP contribution in [0.2, 0.25) is 0 Å². The highest BCUT2D eigenvalue weighted by atomic mass is 31.2. The molecule has 0 aromatic rings. The van der Waals surface area contributed by atoms with Gasteiger partial charge in [-0.25, -0.2) is 4.57 Å². The van der Waals surface area contributed by atoms with Crippen LogP contribution in [0.25, 0.3) is 0 Å². The smallest absolute Gasteiger partial charge is 0.456 e. The Labute approximate surface area is 451 Å². The first kappa shape index (κ1) is 70.5. The van der Waals surface area contributed by atoms with E-state index in [0.717, 1.165) is 103 Å². The van der Waals surface area contributed by atoms with Crippen LogP contribution in [0.3, 0.4) is 0 Å². The molecule has 0 spiro atoms. The first-order valence-electron chi connectivity index (χ1n) is 30.3. The number of amides is 1. The highest BCUT2D eigenvalue weighted by Crippen LogP contribution is 2.43. The van der Waals surface area contributed by atoms with Crippen LogP contribution in [0, 0.1) is 0 Å². The lowest BCUT2D eigenvalue weighted by Gasteiger charge is -2.27. The number of carbonyl (C=O) groups is 2. The van der Waals surface area contributed by atoms with Crippen LogP contribution in [0.15, 0.2) is 72.9 Å². The van der Waals surface area contributed by atoms with Gasteiger partial charge in [0.05, 0.1) is 33.8 Å². The summed E-state index contributed by atoms with van der Waals surface area (Å²) in [6.45, 7) is 6.95. The first-order chi connectivity index (χ1) is 35.4. The number of ether oxygens (including phenoxy) is 1. The van der Waals surface area contributed by atoms with E-state index in [1.165, 1.54) is 128 Å². The third-order valence-corrected chi connectivity index (χ3v) is 14.1. The summed E-state index contributed by atoms with van der Waals surface area (Å²) in [7, 11) is 1.48. The fourth-order valence-corrected chi connectivity index (χ4v) is 9.12. The number of phosphoric acid groups is 1. The largest absolute Gasteiger partial charge is 0.472 e. The third kappa shape index (κ3) is 54.1. The average molecular weight is 1040 g/mol. The quantitative estimate of drug-likeness (QED) is 0.0205. The van der Waals surface area contributed by atoms with Gasteiger partial charge in [0.25, 0.3) is 0 Å². The molecule has 0 aliphatic heterocycles. The SMILES string of the molecule is CCCCC/C=C\C/C=C\C/C=C\C/C=C\CCCCCCCCCC(=O)OC(/C=C\CCCCCCCCCCC)C(COP(=O)(O)OCC[N+](C)(C)C)NC(=O)CCCCC/C=C\CCCCCCCC. The third-order valence-electron chi connectivity index (χ3n) is 13.1. The second-order valence-electron chi connectivity index (χ2n) is 21.5. The van der Waals surface area contributed by atoms with Crippen LogP contribution in [0.4, 0.5) is 0 Å². The molecule has 3 atom stereocenters. The summed E-state index contributed by atoms with van der Waals surface area (Å²) in [6, 6.07) is -0.862. The number of unbranched alkanes of at least 4 members (excludes halogenated alkanes) is 28. The van der Waals surface area contributed by atoms with Crippen molar-refractivity contribution in [2.75, 3.05) is 40.9 Å². The molecule has 1 amide bonds. The van der Waals surface area contributed by atoms with E-state index < -0.39 is 20.0 Å². The van der Waals surface area contributed by atoms with Crippen molar-refractivity contribution in [2.45, 2.75) is 277 Å². The molecule has 0 saturated heterocycles. The number of hydrogen-bond acceptors (Lipinski definition) is 6. The summed E-state index contributed by atoms with van der Waals surface area (Å²) in [5, 5.41) is 3.03. The van der Waals surface area contributed by atoms with Gasteiger partial charge in [-0.15, -0.1) is 0 Å². The van der Waals surface area contributed by atoms with Crippen molar-refractivity contribution in [2.24, 2.45) is 0 Å². The van der Waals surface area contributed by atoms with Crippen LogP contribution < -0.4 is 5.32 Å². The van der Waals surface area contributed by atoms with Gasteiger partial charge in [-0.05, 0) is 102 Å². The lowest BCUT2D eigenvalue weighted by molar-refractivity contribution is -0.870. The zero-order valence-corrected chi connectivity index (χ0v) is 49.3. The highest BCUT2D eigenvalue weighted by Gasteiger charge is 2.30. The molecule has 9 nitrogen and oxygen atoms in total. The van der Waals surface area contributed by atoms with Crippen LogP contribution in [-0.4, -0.2) is 74.3 Å². The van der Waals surface area contributed by atoms with Gasteiger partial charge in [-0.2, -0.15) is 0 Å². The van der Waals surface area contributed by atoms with Crippen molar-refractivity contribution >= 4 is 19.7 Å². The Balaban J connectivity index is 5.22. The summed E-state index contributed by atoms with van der Waals surface area (Å²) >= 11 is 0. The molecule has 73 heavy (non-hydrogen) atoms. The molecule has 0 aromatic carbocycles. The molecule has 0 rings (SSSR count). The Hall–Kier alpha value is -2.55. The molecule has 10 heteroatoms. The van der Waals surface area contributed by atoms with Crippen molar-refractivity contribution in [1.29, 1.82) is 0 Å². The molecule has 2 N–H and O–H groups in total. The van der Waals surface area contributed by atoms with Gasteiger partial charge in [-0.3, -0.25) is 18.6 Å². The van der Waals surface area contributed by atoms with Gasteiger partial charge in [0.2, 0.25) is 5.91 Å². The van der Waals surface area contributed by atoms with Gasteiger partial charge < -0.3 is 19.4 Å². The number of rotatable bonds is 54. The number of phosphoric ester groups is 1. The normalized spacial score (nSPS) is 14.2. The minimum Gasteiger partial charge on any atom is -0.456 e. The molecule has 0 aliphatic rings. The molecule has 0 aromatic heterocycles. The maximum atomic E-state index is 13.5. The maximum absolute atomic E-state index is 13.5. The van der Waals surface area contributed by atoms with Gasteiger partial charge in [0.1, 0.15) is 19.3 Å². The molecule has 0 saturated carbocycles. The average Bonchev–Trinajstić information content (AvgIpc) is 3.35. The molecule has 0 aliphatic carbocycles. The summed E-state index contributed by atoms with van der Waals surface area (Å²) in [6.07, 6.45) is 67.6. The molecular formula is C63H116N2O7P+. The number of quaternary nitrogens is 1. The van der Waals surface area contributed by atoms with Gasteiger partial charge in [0.15, 0.2) is 0 Å². The lowest BCUT2D eigenvalue weighted by atomic mass is 10.1. The first-order valence-corrected chi connectivity index (χ1v) is 31.8. The number of hydrogen-bond donors (Lipinski definition) is 2. The Morgan fingerprint density at radius 3 is 1.30 bits per heavy atom. The number of carbonyl (C=O) groups excluding carboxylic acids is 2. The van der Waals surface area contributed by atoms with Gasteiger partial charge in [-0.1, -0.05) is 222 Å². The van der Waals surface area contributed by atoms with Gasteiger partial charge >= 0.3 is 13.8 Å². The predicted molar refractivity (Wildman–Crippen MR) is 314 cm³/mol. The van der Waals surface area contributed by atoms with E-state index in [-0.39, 0.29) is 31.5 Å². The second-order valence-corrected chi connectivity index (χ2v) is 23.0. The van der Waals surface area contributed by atoms with E-state index in [9.17, 15) is 19.0 Å². The number of likely N-dealkylation sites (N-methyl/N-ethyl adjacent to an activating group) is 1. The van der Waals surface area contributed by atoms with Crippen molar-refractivity contribution in [3.8, 4) is 0 Å². The van der Waals surface area contributed by atoms with E-state index >= 15 is 0 Å². The van der Waals surface area contributed by atoms with Crippen LogP contribution in [-0.2, 0) is 27.9 Å². The molecule has 0 fully saturated rings. The fraction of sp³-hybridized carbons (Fsp3) is 0.778. The molecule has 0 bridgehead atoms. The Morgan fingerprint density at radius 1 is 0.479 bits per heavy atom. The maximum Gasteiger partial charge on any atom is 0.472 e. The fourth-order valence-electron chi connectivity index (χ4n) is 8.39. The Kier molecular flexibility index (Phi) is 51.0. The minimum absolute atomic E-state index is 0.0334. The predicted octanol–water partition coefficient (Wildman–Crippen LogP) is 18.4. The zero-order chi connectivity index (χ0) is 53.6. The molecule has 424 valence electrons. The standard InChI is InChI=1S/C63H115N2O7P/c1-7-10-13-16-19-22-25-27-28-29-30-31-32-33-34-35-36-38-41-44-47-50-53-56-63(67)72-61(54-51-48-45-42-39-24-21-18-15-12-9-3)60(59-71-73(68,69)70-58-57-65(4,5)6)64-62(66)55-52-49-46-43-40-37-26-23-20-17-14-11-8-2/h19,22,27-28,30-31,33-34,37,40,51,54,60-61H,7-18,20-21,23-26,29,32,35-36,38-39,41-50,52-53,55-59H2,1-6H3,(H-,64,66,68,69)/p+1/b22-19-,28-27-,31-30-,34-33-,40-37-,54-51-. The number of esters is 1. The lowest BCUT2D eigenvalue weighted by Crippen LogP contribution is -2.47. The van der Waals surface area contributed by atoms with E-state index in [4.69, 9.17) is 13.8 Å². The van der Waals surface area contributed by atoms with E-state index in [1.54, 1.807) is 0 Å². The summed E-state index contributed by atoms with van der Waals surface area (Å²) in [5.41, 5.74) is 0. The highest BCUT2D eigenvalue weighted by molar-refractivity contribution is 7.47. The topological polar surface area (TPSA) is 111 Å². The molecule has 3 unspecified atom stereocenters. The summed E-state index contributed by atoms with van der Waals surface area (Å²) in [4.78, 5) is 37.6. The Morgan fingerprint density at radius 2 is 0.836 bits per heavy atom. The Bertz CT molecular complexity index is 1480. The monoisotopic (exact) mass is 1040 g/mol. The van der Waals surface area contributed by atoms with Crippen molar-refractivity contribution in [1.82, 2.24) is 5.32 Å². The van der Waals surface area contributed by atoms with Crippen LogP contribution >= 0.6 is 7.82 Å². The number of allylic oxidation sites excluding steroid dienone is 11. The van der Waals surface area contributed by atoms with Crippen molar-refractivity contribution in [3.05, 3.63) is 72.9 Å². The van der Waals surface area contributed by atoms with Gasteiger partial charge in [0, 0.05) is 12.8 Å². The van der Waals surface area contributed by atoms with Crippen LogP contribution in [0.1, 0.15) is 265 Å². The second kappa shape index (κ2) is 52.9.